The van der Waals surface area contributed by atoms with Gasteiger partial charge in [-0.15, -0.1) is 0 Å². The second kappa shape index (κ2) is 10.5. The van der Waals surface area contributed by atoms with E-state index in [9.17, 15) is 9.59 Å². The Morgan fingerprint density at radius 3 is 2.71 bits per heavy atom. The van der Waals surface area contributed by atoms with Crippen molar-refractivity contribution in [3.63, 3.8) is 0 Å². The zero-order valence-corrected chi connectivity index (χ0v) is 17.3. The Morgan fingerprint density at radius 1 is 1.25 bits per heavy atom. The highest BCUT2D eigenvalue weighted by Gasteiger charge is 2.11. The number of methoxy groups -OCH3 is 1. The lowest BCUT2D eigenvalue weighted by Gasteiger charge is -2.14. The molecule has 0 heterocycles. The molecule has 6 nitrogen and oxygen atoms in total. The first-order valence-corrected chi connectivity index (χ1v) is 9.42. The van der Waals surface area contributed by atoms with Crippen LogP contribution in [0.3, 0.4) is 0 Å². The lowest BCUT2D eigenvalue weighted by Crippen LogP contribution is -2.23. The molecule has 28 heavy (non-hydrogen) atoms. The maximum absolute atomic E-state index is 11.7. The van der Waals surface area contributed by atoms with E-state index in [-0.39, 0.29) is 18.9 Å². The number of benzene rings is 2. The first kappa shape index (κ1) is 21.5. The maximum atomic E-state index is 11.7. The number of amides is 1. The van der Waals surface area contributed by atoms with E-state index < -0.39 is 5.97 Å². The molecular weight excluding hydrogens is 426 g/mol. The highest BCUT2D eigenvalue weighted by molar-refractivity contribution is 9.10. The number of carbonyl (C=O) groups excluding carboxylic acids is 1. The van der Waals surface area contributed by atoms with Crippen molar-refractivity contribution in [3.8, 4) is 11.5 Å². The molecule has 0 fully saturated rings. The van der Waals surface area contributed by atoms with Crippen molar-refractivity contribution < 1.29 is 24.2 Å². The third-order valence-electron chi connectivity index (χ3n) is 3.78. The summed E-state index contributed by atoms with van der Waals surface area (Å²) in [6, 6.07) is 11.6. The Labute approximate surface area is 172 Å². The molecule has 2 rings (SSSR count). The summed E-state index contributed by atoms with van der Waals surface area (Å²) in [6.07, 6.45) is 2.84. The van der Waals surface area contributed by atoms with Crippen LogP contribution < -0.4 is 14.8 Å². The van der Waals surface area contributed by atoms with E-state index in [1.54, 1.807) is 19.3 Å². The molecule has 7 heteroatoms. The Balaban J connectivity index is 2.06. The topological polar surface area (TPSA) is 84.9 Å². The molecule has 0 saturated carbocycles. The molecule has 1 amide bonds. The smallest absolute Gasteiger partial charge is 0.305 e. The van der Waals surface area contributed by atoms with Crippen molar-refractivity contribution in [2.75, 3.05) is 13.7 Å². The number of carboxylic acid groups (broad SMARTS) is 1. The molecule has 0 unspecified atom stereocenters. The van der Waals surface area contributed by atoms with Crippen LogP contribution in [-0.2, 0) is 16.2 Å². The molecule has 148 valence electrons. The second-order valence-corrected chi connectivity index (χ2v) is 6.93. The minimum absolute atomic E-state index is 0.0806. The number of carbonyl (C=O) groups is 2. The zero-order chi connectivity index (χ0) is 20.5. The number of nitrogens with one attached hydrogen (secondary N) is 1. The zero-order valence-electron chi connectivity index (χ0n) is 15.7. The normalized spacial score (nSPS) is 10.7. The van der Waals surface area contributed by atoms with Gasteiger partial charge in [0.15, 0.2) is 11.5 Å². The molecule has 2 aromatic carbocycles. The van der Waals surface area contributed by atoms with Gasteiger partial charge in [0.25, 0.3) is 0 Å². The molecule has 0 bridgehead atoms. The van der Waals surface area contributed by atoms with Crippen LogP contribution in [0.15, 0.2) is 46.9 Å². The van der Waals surface area contributed by atoms with Crippen molar-refractivity contribution >= 4 is 33.9 Å². The monoisotopic (exact) mass is 447 g/mol. The van der Waals surface area contributed by atoms with Gasteiger partial charge in [0.05, 0.1) is 18.0 Å². The van der Waals surface area contributed by atoms with Crippen LogP contribution in [0.1, 0.15) is 23.1 Å². The lowest BCUT2D eigenvalue weighted by molar-refractivity contribution is -0.136. The van der Waals surface area contributed by atoms with Crippen molar-refractivity contribution in [2.45, 2.75) is 20.0 Å². The number of aliphatic carboxylic acids is 1. The van der Waals surface area contributed by atoms with Crippen LogP contribution >= 0.6 is 15.9 Å². The van der Waals surface area contributed by atoms with Crippen LogP contribution in [0, 0.1) is 6.92 Å². The van der Waals surface area contributed by atoms with Gasteiger partial charge in [-0.2, -0.15) is 0 Å². The fourth-order valence-corrected chi connectivity index (χ4v) is 3.03. The standard InChI is InChI=1S/C21H22BrNO5/c1-14-4-3-5-16(10-14)13-28-21-17(22)11-15(12-18(21)27-2)6-7-19(24)23-9-8-20(25)26/h3-7,10-12H,8-9,13H2,1-2H3,(H,23,24)(H,25,26)/b7-6+. The van der Waals surface area contributed by atoms with Crippen LogP contribution in [-0.4, -0.2) is 30.6 Å². The molecule has 0 aromatic heterocycles. The summed E-state index contributed by atoms with van der Waals surface area (Å²) in [6.45, 7) is 2.51. The first-order chi connectivity index (χ1) is 13.4. The number of hydrogen-bond acceptors (Lipinski definition) is 4. The number of carboxylic acids is 1. The molecule has 2 aromatic rings. The molecule has 0 aliphatic heterocycles. The van der Waals surface area contributed by atoms with Crippen LogP contribution in [0.25, 0.3) is 6.08 Å². The SMILES string of the molecule is COc1cc(/C=C/C(=O)NCCC(=O)O)cc(Br)c1OCc1cccc(C)c1. The van der Waals surface area contributed by atoms with E-state index in [2.05, 4.69) is 27.3 Å². The van der Waals surface area contributed by atoms with Gasteiger partial charge >= 0.3 is 5.97 Å². The highest BCUT2D eigenvalue weighted by Crippen LogP contribution is 2.37. The van der Waals surface area contributed by atoms with E-state index >= 15 is 0 Å². The van der Waals surface area contributed by atoms with Crippen molar-refractivity contribution in [2.24, 2.45) is 0 Å². The minimum atomic E-state index is -0.959. The maximum Gasteiger partial charge on any atom is 0.305 e. The first-order valence-electron chi connectivity index (χ1n) is 8.62. The summed E-state index contributed by atoms with van der Waals surface area (Å²) in [7, 11) is 1.55. The van der Waals surface area contributed by atoms with E-state index in [1.807, 2.05) is 31.2 Å². The molecule has 0 radical (unpaired) electrons. The predicted molar refractivity (Wildman–Crippen MR) is 111 cm³/mol. The van der Waals surface area contributed by atoms with E-state index in [0.29, 0.717) is 22.6 Å². The number of aryl methyl sites for hydroxylation is 1. The van der Waals surface area contributed by atoms with Crippen molar-refractivity contribution in [1.29, 1.82) is 0 Å². The summed E-state index contributed by atoms with van der Waals surface area (Å²) < 4.78 is 12.0. The Bertz CT molecular complexity index is 879. The minimum Gasteiger partial charge on any atom is -0.493 e. The van der Waals surface area contributed by atoms with Gasteiger partial charge in [-0.05, 0) is 52.2 Å². The predicted octanol–water partition coefficient (Wildman–Crippen LogP) is 3.95. The molecule has 0 aliphatic rings. The molecule has 0 atom stereocenters. The van der Waals surface area contributed by atoms with Gasteiger partial charge in [0, 0.05) is 12.6 Å². The van der Waals surface area contributed by atoms with Gasteiger partial charge < -0.3 is 19.9 Å². The molecular formula is C21H22BrNO5. The summed E-state index contributed by atoms with van der Waals surface area (Å²) >= 11 is 3.49. The van der Waals surface area contributed by atoms with Gasteiger partial charge in [-0.3, -0.25) is 9.59 Å². The van der Waals surface area contributed by atoms with Gasteiger partial charge in [0.2, 0.25) is 5.91 Å². The number of halogens is 1. The average molecular weight is 448 g/mol. The van der Waals surface area contributed by atoms with Crippen LogP contribution in [0.5, 0.6) is 11.5 Å². The Morgan fingerprint density at radius 2 is 2.04 bits per heavy atom. The highest BCUT2D eigenvalue weighted by atomic mass is 79.9. The fourth-order valence-electron chi connectivity index (χ4n) is 2.46. The third-order valence-corrected chi connectivity index (χ3v) is 4.37. The summed E-state index contributed by atoms with van der Waals surface area (Å²) in [5, 5.41) is 11.1. The summed E-state index contributed by atoms with van der Waals surface area (Å²) in [5.74, 6) is -0.213. The molecule has 0 aliphatic carbocycles. The average Bonchev–Trinajstić information content (AvgIpc) is 2.64. The lowest BCUT2D eigenvalue weighted by atomic mass is 10.1. The van der Waals surface area contributed by atoms with Gasteiger partial charge in [0.1, 0.15) is 6.61 Å². The quantitative estimate of drug-likeness (QED) is 0.568. The summed E-state index contributed by atoms with van der Waals surface area (Å²) in [4.78, 5) is 22.2. The molecule has 0 spiro atoms. The number of rotatable bonds is 9. The van der Waals surface area contributed by atoms with E-state index in [4.69, 9.17) is 14.6 Å². The van der Waals surface area contributed by atoms with Crippen LogP contribution in [0.2, 0.25) is 0 Å². The van der Waals surface area contributed by atoms with Crippen molar-refractivity contribution in [1.82, 2.24) is 5.32 Å². The van der Waals surface area contributed by atoms with Gasteiger partial charge in [-0.1, -0.05) is 29.8 Å². The molecule has 2 N–H and O–H groups in total. The second-order valence-electron chi connectivity index (χ2n) is 6.08. The third kappa shape index (κ3) is 6.74. The fraction of sp³-hybridized carbons (Fsp3) is 0.238. The van der Waals surface area contributed by atoms with Crippen LogP contribution in [0.4, 0.5) is 0 Å². The Hall–Kier alpha value is -2.80. The largest absolute Gasteiger partial charge is 0.493 e. The Kier molecular flexibility index (Phi) is 8.07. The van der Waals surface area contributed by atoms with E-state index in [1.165, 1.54) is 6.08 Å². The molecule has 0 saturated heterocycles. The van der Waals surface area contributed by atoms with Gasteiger partial charge in [-0.25, -0.2) is 0 Å². The van der Waals surface area contributed by atoms with E-state index in [0.717, 1.165) is 16.7 Å². The summed E-state index contributed by atoms with van der Waals surface area (Å²) in [5.41, 5.74) is 2.95. The number of hydrogen-bond donors (Lipinski definition) is 2. The number of ether oxygens (including phenoxy) is 2. The van der Waals surface area contributed by atoms with Crippen molar-refractivity contribution in [3.05, 3.63) is 63.6 Å².